The number of nitrogens with two attached hydrogens (primary N) is 1. The van der Waals surface area contributed by atoms with Crippen LogP contribution in [0.5, 0.6) is 0 Å². The van der Waals surface area contributed by atoms with Crippen LogP contribution in [0.4, 0.5) is 0 Å². The summed E-state index contributed by atoms with van der Waals surface area (Å²) in [5.74, 6) is 6.39. The first kappa shape index (κ1) is 12.1. The number of thiophene rings is 1. The standard InChI is InChI=1S/C11H16N4OS/c1-6-7(2)17-10-9(6)11(16)15(12)8(13-10)5-14(3)4/h5,12H2,1-4H3. The molecule has 0 aliphatic carbocycles. The van der Waals surface area contributed by atoms with Crippen molar-refractivity contribution in [2.24, 2.45) is 0 Å². The number of rotatable bonds is 2. The van der Waals surface area contributed by atoms with Crippen LogP contribution in [0.1, 0.15) is 16.3 Å². The summed E-state index contributed by atoms with van der Waals surface area (Å²) < 4.78 is 1.15. The van der Waals surface area contributed by atoms with Crippen molar-refractivity contribution in [2.45, 2.75) is 20.4 Å². The molecule has 92 valence electrons. The summed E-state index contributed by atoms with van der Waals surface area (Å²) >= 11 is 1.54. The van der Waals surface area contributed by atoms with Crippen molar-refractivity contribution in [1.82, 2.24) is 14.6 Å². The van der Waals surface area contributed by atoms with Crippen LogP contribution in [0.15, 0.2) is 4.79 Å². The molecule has 0 unspecified atom stereocenters. The topological polar surface area (TPSA) is 64.2 Å². The van der Waals surface area contributed by atoms with Gasteiger partial charge in [-0.15, -0.1) is 11.3 Å². The fourth-order valence-electron chi connectivity index (χ4n) is 1.74. The van der Waals surface area contributed by atoms with Gasteiger partial charge in [0.15, 0.2) is 0 Å². The van der Waals surface area contributed by atoms with Gasteiger partial charge in [-0.25, -0.2) is 9.66 Å². The summed E-state index contributed by atoms with van der Waals surface area (Å²) in [5.41, 5.74) is 0.826. The highest BCUT2D eigenvalue weighted by molar-refractivity contribution is 7.18. The Bertz CT molecular complexity index is 626. The van der Waals surface area contributed by atoms with Gasteiger partial charge in [0.25, 0.3) is 5.56 Å². The van der Waals surface area contributed by atoms with E-state index in [2.05, 4.69) is 4.98 Å². The molecule has 0 spiro atoms. The van der Waals surface area contributed by atoms with Gasteiger partial charge in [-0.2, -0.15) is 0 Å². The van der Waals surface area contributed by atoms with Gasteiger partial charge in [-0.3, -0.25) is 4.79 Å². The van der Waals surface area contributed by atoms with Crippen LogP contribution in [0.2, 0.25) is 0 Å². The van der Waals surface area contributed by atoms with Crippen molar-refractivity contribution < 1.29 is 0 Å². The number of aromatic nitrogens is 2. The lowest BCUT2D eigenvalue weighted by Gasteiger charge is -2.11. The molecule has 0 bridgehead atoms. The fraction of sp³-hybridized carbons (Fsp3) is 0.455. The first-order valence-corrected chi connectivity index (χ1v) is 6.15. The molecule has 2 heterocycles. The van der Waals surface area contributed by atoms with E-state index in [-0.39, 0.29) is 5.56 Å². The molecular weight excluding hydrogens is 236 g/mol. The summed E-state index contributed by atoms with van der Waals surface area (Å²) in [6, 6.07) is 0. The maximum absolute atomic E-state index is 12.2. The third-order valence-electron chi connectivity index (χ3n) is 2.77. The van der Waals surface area contributed by atoms with Crippen molar-refractivity contribution in [3.05, 3.63) is 26.6 Å². The van der Waals surface area contributed by atoms with Gasteiger partial charge < -0.3 is 10.7 Å². The van der Waals surface area contributed by atoms with Crippen LogP contribution in [0.3, 0.4) is 0 Å². The van der Waals surface area contributed by atoms with E-state index in [0.29, 0.717) is 17.8 Å². The fourth-order valence-corrected chi connectivity index (χ4v) is 2.78. The minimum absolute atomic E-state index is 0.159. The zero-order valence-electron chi connectivity index (χ0n) is 10.4. The molecule has 17 heavy (non-hydrogen) atoms. The molecule has 0 amide bonds. The van der Waals surface area contributed by atoms with Gasteiger partial charge in [0.1, 0.15) is 10.7 Å². The summed E-state index contributed by atoms with van der Waals surface area (Å²) in [5, 5.41) is 0.650. The number of aryl methyl sites for hydroxylation is 2. The third kappa shape index (κ3) is 1.94. The first-order valence-electron chi connectivity index (χ1n) is 5.33. The smallest absolute Gasteiger partial charge is 0.280 e. The Labute approximate surface area is 103 Å². The zero-order chi connectivity index (χ0) is 12.7. The van der Waals surface area contributed by atoms with Crippen LogP contribution >= 0.6 is 11.3 Å². The molecule has 0 fully saturated rings. The van der Waals surface area contributed by atoms with Gasteiger partial charge in [0, 0.05) is 4.88 Å². The predicted molar refractivity (Wildman–Crippen MR) is 70.9 cm³/mol. The summed E-state index contributed by atoms with van der Waals surface area (Å²) in [6.45, 7) is 4.48. The molecule has 0 aliphatic heterocycles. The maximum atomic E-state index is 12.2. The lowest BCUT2D eigenvalue weighted by Crippen LogP contribution is -2.33. The quantitative estimate of drug-likeness (QED) is 0.805. The average Bonchev–Trinajstić information content (AvgIpc) is 2.50. The highest BCUT2D eigenvalue weighted by Gasteiger charge is 2.15. The van der Waals surface area contributed by atoms with E-state index in [9.17, 15) is 4.79 Å². The Hall–Kier alpha value is -1.40. The van der Waals surface area contributed by atoms with E-state index in [0.717, 1.165) is 19.9 Å². The Morgan fingerprint density at radius 1 is 1.41 bits per heavy atom. The summed E-state index contributed by atoms with van der Waals surface area (Å²) in [4.78, 5) is 20.5. The monoisotopic (exact) mass is 252 g/mol. The van der Waals surface area contributed by atoms with E-state index in [1.54, 1.807) is 11.3 Å². The molecule has 0 radical (unpaired) electrons. The molecule has 0 aromatic carbocycles. The largest absolute Gasteiger partial charge is 0.335 e. The van der Waals surface area contributed by atoms with E-state index in [4.69, 9.17) is 5.84 Å². The highest BCUT2D eigenvalue weighted by Crippen LogP contribution is 2.25. The number of hydrogen-bond acceptors (Lipinski definition) is 5. The van der Waals surface area contributed by atoms with Gasteiger partial charge in [-0.05, 0) is 33.5 Å². The second kappa shape index (κ2) is 4.12. The van der Waals surface area contributed by atoms with Gasteiger partial charge >= 0.3 is 0 Å². The third-order valence-corrected chi connectivity index (χ3v) is 3.87. The van der Waals surface area contributed by atoms with Crippen molar-refractivity contribution in [1.29, 1.82) is 0 Å². The summed E-state index contributed by atoms with van der Waals surface area (Å²) in [6.07, 6.45) is 0. The normalized spacial score (nSPS) is 11.6. The van der Waals surface area contributed by atoms with Crippen molar-refractivity contribution in [3.63, 3.8) is 0 Å². The predicted octanol–water partition coefficient (Wildman–Crippen LogP) is 0.850. The SMILES string of the molecule is Cc1sc2nc(CN(C)C)n(N)c(=O)c2c1C. The molecule has 0 saturated heterocycles. The van der Waals surface area contributed by atoms with Crippen molar-refractivity contribution in [2.75, 3.05) is 19.9 Å². The van der Waals surface area contributed by atoms with Crippen LogP contribution in [-0.2, 0) is 6.54 Å². The number of nitrogens with zero attached hydrogens (tertiary/aromatic N) is 3. The Morgan fingerprint density at radius 3 is 2.65 bits per heavy atom. The van der Waals surface area contributed by atoms with E-state index in [1.165, 1.54) is 0 Å². The molecule has 0 saturated carbocycles. The number of nitrogen functional groups attached to an aromatic ring is 1. The Kier molecular flexibility index (Phi) is 2.92. The van der Waals surface area contributed by atoms with Crippen LogP contribution in [-0.4, -0.2) is 28.7 Å². The molecule has 2 aromatic rings. The number of hydrogen-bond donors (Lipinski definition) is 1. The van der Waals surface area contributed by atoms with Gasteiger partial charge in [-0.1, -0.05) is 0 Å². The Morgan fingerprint density at radius 2 is 2.06 bits per heavy atom. The van der Waals surface area contributed by atoms with Gasteiger partial charge in [0.2, 0.25) is 0 Å². The van der Waals surface area contributed by atoms with Crippen LogP contribution in [0.25, 0.3) is 10.2 Å². The van der Waals surface area contributed by atoms with Crippen LogP contribution < -0.4 is 11.4 Å². The first-order chi connectivity index (χ1) is 7.91. The lowest BCUT2D eigenvalue weighted by atomic mass is 10.2. The van der Waals surface area contributed by atoms with Gasteiger partial charge in [0.05, 0.1) is 11.9 Å². The van der Waals surface area contributed by atoms with Crippen molar-refractivity contribution in [3.8, 4) is 0 Å². The highest BCUT2D eigenvalue weighted by atomic mass is 32.1. The second-order valence-electron chi connectivity index (χ2n) is 4.40. The molecule has 5 nitrogen and oxygen atoms in total. The minimum Gasteiger partial charge on any atom is -0.335 e. The molecule has 0 aliphatic rings. The average molecular weight is 252 g/mol. The molecule has 2 N–H and O–H groups in total. The molecular formula is C11H16N4OS. The zero-order valence-corrected chi connectivity index (χ0v) is 11.3. The maximum Gasteiger partial charge on any atom is 0.280 e. The van der Waals surface area contributed by atoms with E-state index >= 15 is 0 Å². The molecule has 0 atom stereocenters. The molecule has 2 aromatic heterocycles. The summed E-state index contributed by atoms with van der Waals surface area (Å²) in [7, 11) is 3.84. The van der Waals surface area contributed by atoms with E-state index < -0.39 is 0 Å². The Balaban J connectivity index is 2.75. The van der Waals surface area contributed by atoms with E-state index in [1.807, 2.05) is 32.8 Å². The minimum atomic E-state index is -0.159. The van der Waals surface area contributed by atoms with Crippen LogP contribution in [0, 0.1) is 13.8 Å². The van der Waals surface area contributed by atoms with Crippen molar-refractivity contribution >= 4 is 21.6 Å². The molecule has 2 rings (SSSR count). The number of fused-ring (bicyclic) bond motifs is 1. The lowest BCUT2D eigenvalue weighted by molar-refractivity contribution is 0.384. The second-order valence-corrected chi connectivity index (χ2v) is 5.61. The molecule has 6 heteroatoms.